The SMILES string of the molecule is COCCCNC(C)c1ccccc1OC(C)C. The second-order valence-corrected chi connectivity index (χ2v) is 4.73. The van der Waals surface area contributed by atoms with Crippen LogP contribution in [0, 0.1) is 0 Å². The van der Waals surface area contributed by atoms with Crippen LogP contribution >= 0.6 is 0 Å². The molecule has 1 N–H and O–H groups in total. The lowest BCUT2D eigenvalue weighted by molar-refractivity contribution is 0.193. The normalized spacial score (nSPS) is 12.7. The van der Waals surface area contributed by atoms with Gasteiger partial charge in [-0.15, -0.1) is 0 Å². The summed E-state index contributed by atoms with van der Waals surface area (Å²) in [5, 5.41) is 3.49. The van der Waals surface area contributed by atoms with Crippen molar-refractivity contribution in [1.82, 2.24) is 5.32 Å². The molecular weight excluding hydrogens is 226 g/mol. The van der Waals surface area contributed by atoms with Crippen molar-refractivity contribution in [3.63, 3.8) is 0 Å². The first-order valence-electron chi connectivity index (χ1n) is 6.63. The van der Waals surface area contributed by atoms with Crippen LogP contribution in [0.1, 0.15) is 38.8 Å². The van der Waals surface area contributed by atoms with E-state index in [1.54, 1.807) is 7.11 Å². The molecule has 0 saturated heterocycles. The van der Waals surface area contributed by atoms with E-state index in [1.807, 2.05) is 26.0 Å². The van der Waals surface area contributed by atoms with Crippen LogP contribution in [-0.2, 0) is 4.74 Å². The summed E-state index contributed by atoms with van der Waals surface area (Å²) in [6.45, 7) is 8.01. The van der Waals surface area contributed by atoms with Gasteiger partial charge in [-0.1, -0.05) is 18.2 Å². The Hall–Kier alpha value is -1.06. The van der Waals surface area contributed by atoms with E-state index in [9.17, 15) is 0 Å². The largest absolute Gasteiger partial charge is 0.491 e. The molecule has 1 atom stereocenters. The molecule has 102 valence electrons. The van der Waals surface area contributed by atoms with Crippen molar-refractivity contribution >= 4 is 0 Å². The fourth-order valence-electron chi connectivity index (χ4n) is 1.84. The molecule has 0 bridgehead atoms. The predicted octanol–water partition coefficient (Wildman–Crippen LogP) is 3.16. The molecule has 0 radical (unpaired) electrons. The maximum Gasteiger partial charge on any atom is 0.124 e. The Morgan fingerprint density at radius 2 is 1.89 bits per heavy atom. The van der Waals surface area contributed by atoms with Gasteiger partial charge in [0.05, 0.1) is 6.10 Å². The smallest absolute Gasteiger partial charge is 0.124 e. The molecule has 1 rings (SSSR count). The number of nitrogens with one attached hydrogen (secondary N) is 1. The van der Waals surface area contributed by atoms with E-state index in [1.165, 1.54) is 5.56 Å². The van der Waals surface area contributed by atoms with E-state index in [-0.39, 0.29) is 12.1 Å². The summed E-state index contributed by atoms with van der Waals surface area (Å²) in [4.78, 5) is 0. The van der Waals surface area contributed by atoms with Gasteiger partial charge >= 0.3 is 0 Å². The Kier molecular flexibility index (Phi) is 6.76. The van der Waals surface area contributed by atoms with Gasteiger partial charge in [-0.2, -0.15) is 0 Å². The maximum absolute atomic E-state index is 5.83. The van der Waals surface area contributed by atoms with Gasteiger partial charge < -0.3 is 14.8 Å². The van der Waals surface area contributed by atoms with Crippen LogP contribution in [0.3, 0.4) is 0 Å². The molecule has 0 aliphatic carbocycles. The minimum atomic E-state index is 0.201. The van der Waals surface area contributed by atoms with Gasteiger partial charge in [0.2, 0.25) is 0 Å². The van der Waals surface area contributed by atoms with Crippen LogP contribution in [0.2, 0.25) is 0 Å². The molecule has 1 aromatic rings. The Bertz CT molecular complexity index is 339. The topological polar surface area (TPSA) is 30.5 Å². The summed E-state index contributed by atoms with van der Waals surface area (Å²) in [5.74, 6) is 0.972. The highest BCUT2D eigenvalue weighted by Gasteiger charge is 2.11. The van der Waals surface area contributed by atoms with Crippen LogP contribution in [0.25, 0.3) is 0 Å². The van der Waals surface area contributed by atoms with Gasteiger partial charge in [-0.3, -0.25) is 0 Å². The van der Waals surface area contributed by atoms with Crippen molar-refractivity contribution in [1.29, 1.82) is 0 Å². The molecule has 0 aliphatic heterocycles. The highest BCUT2D eigenvalue weighted by atomic mass is 16.5. The van der Waals surface area contributed by atoms with Crippen molar-refractivity contribution in [2.75, 3.05) is 20.3 Å². The standard InChI is InChI=1S/C15H25NO2/c1-12(2)18-15-9-6-5-8-14(15)13(3)16-10-7-11-17-4/h5-6,8-9,12-13,16H,7,10-11H2,1-4H3. The Morgan fingerprint density at radius 1 is 1.17 bits per heavy atom. The minimum absolute atomic E-state index is 0.201. The van der Waals surface area contributed by atoms with E-state index in [4.69, 9.17) is 9.47 Å². The lowest BCUT2D eigenvalue weighted by Crippen LogP contribution is -2.22. The van der Waals surface area contributed by atoms with Crippen molar-refractivity contribution in [2.45, 2.75) is 39.3 Å². The number of rotatable bonds is 8. The summed E-state index contributed by atoms with van der Waals surface area (Å²) in [5.41, 5.74) is 1.21. The molecular formula is C15H25NO2. The highest BCUT2D eigenvalue weighted by Crippen LogP contribution is 2.25. The predicted molar refractivity (Wildman–Crippen MR) is 75.1 cm³/mol. The minimum Gasteiger partial charge on any atom is -0.491 e. The maximum atomic E-state index is 5.83. The molecule has 0 amide bonds. The van der Waals surface area contributed by atoms with Crippen molar-refractivity contribution < 1.29 is 9.47 Å². The van der Waals surface area contributed by atoms with E-state index in [0.717, 1.165) is 25.3 Å². The molecule has 3 nitrogen and oxygen atoms in total. The lowest BCUT2D eigenvalue weighted by atomic mass is 10.1. The lowest BCUT2D eigenvalue weighted by Gasteiger charge is -2.19. The molecule has 3 heteroatoms. The number of benzene rings is 1. The summed E-state index contributed by atoms with van der Waals surface area (Å²) < 4.78 is 10.9. The number of ether oxygens (including phenoxy) is 2. The Morgan fingerprint density at radius 3 is 2.56 bits per heavy atom. The number of hydrogen-bond donors (Lipinski definition) is 1. The third-order valence-corrected chi connectivity index (χ3v) is 2.72. The molecule has 0 aliphatic rings. The first-order valence-corrected chi connectivity index (χ1v) is 6.63. The van der Waals surface area contributed by atoms with Crippen LogP contribution in [0.15, 0.2) is 24.3 Å². The Balaban J connectivity index is 2.57. The molecule has 0 saturated carbocycles. The quantitative estimate of drug-likeness (QED) is 0.720. The molecule has 0 spiro atoms. The summed E-state index contributed by atoms with van der Waals surface area (Å²) in [6, 6.07) is 8.50. The van der Waals surface area contributed by atoms with E-state index in [0.29, 0.717) is 0 Å². The average Bonchev–Trinajstić information content (AvgIpc) is 2.34. The van der Waals surface area contributed by atoms with Crippen molar-refractivity contribution in [3.8, 4) is 5.75 Å². The third kappa shape index (κ3) is 5.07. The fourth-order valence-corrected chi connectivity index (χ4v) is 1.84. The van der Waals surface area contributed by atoms with Crippen molar-refractivity contribution in [2.24, 2.45) is 0 Å². The summed E-state index contributed by atoms with van der Waals surface area (Å²) in [6.07, 6.45) is 1.22. The zero-order valence-corrected chi connectivity index (χ0v) is 11.9. The van der Waals surface area contributed by atoms with Crippen molar-refractivity contribution in [3.05, 3.63) is 29.8 Å². The van der Waals surface area contributed by atoms with E-state index < -0.39 is 0 Å². The zero-order valence-electron chi connectivity index (χ0n) is 11.9. The van der Waals surface area contributed by atoms with Gasteiger partial charge in [0, 0.05) is 25.3 Å². The molecule has 0 aromatic heterocycles. The Labute approximate surface area is 110 Å². The molecule has 0 fully saturated rings. The first kappa shape index (κ1) is 15.0. The number of hydrogen-bond acceptors (Lipinski definition) is 3. The van der Waals surface area contributed by atoms with Gasteiger partial charge in [0.1, 0.15) is 5.75 Å². The molecule has 1 unspecified atom stereocenters. The zero-order chi connectivity index (χ0) is 13.4. The van der Waals surface area contributed by atoms with E-state index >= 15 is 0 Å². The second kappa shape index (κ2) is 8.11. The van der Waals surface area contributed by atoms with Crippen LogP contribution in [0.5, 0.6) is 5.75 Å². The summed E-state index contributed by atoms with van der Waals surface area (Å²) >= 11 is 0. The summed E-state index contributed by atoms with van der Waals surface area (Å²) in [7, 11) is 1.73. The van der Waals surface area contributed by atoms with Gasteiger partial charge in [-0.05, 0) is 39.8 Å². The second-order valence-electron chi connectivity index (χ2n) is 4.73. The first-order chi connectivity index (χ1) is 8.65. The van der Waals surface area contributed by atoms with Crippen LogP contribution in [-0.4, -0.2) is 26.4 Å². The number of para-hydroxylation sites is 1. The number of methoxy groups -OCH3 is 1. The molecule has 18 heavy (non-hydrogen) atoms. The third-order valence-electron chi connectivity index (χ3n) is 2.72. The monoisotopic (exact) mass is 251 g/mol. The van der Waals surface area contributed by atoms with E-state index in [2.05, 4.69) is 24.4 Å². The van der Waals surface area contributed by atoms with Crippen LogP contribution < -0.4 is 10.1 Å². The fraction of sp³-hybridized carbons (Fsp3) is 0.600. The van der Waals surface area contributed by atoms with Gasteiger partial charge in [0.15, 0.2) is 0 Å². The van der Waals surface area contributed by atoms with Gasteiger partial charge in [0.25, 0.3) is 0 Å². The molecule has 1 aromatic carbocycles. The average molecular weight is 251 g/mol. The molecule has 0 heterocycles. The van der Waals surface area contributed by atoms with Crippen LogP contribution in [0.4, 0.5) is 0 Å². The highest BCUT2D eigenvalue weighted by molar-refractivity contribution is 5.35. The van der Waals surface area contributed by atoms with Gasteiger partial charge in [-0.25, -0.2) is 0 Å².